The van der Waals surface area contributed by atoms with E-state index in [-0.39, 0.29) is 18.6 Å². The Morgan fingerprint density at radius 3 is 2.87 bits per heavy atom. The molecule has 0 radical (unpaired) electrons. The van der Waals surface area contributed by atoms with Crippen LogP contribution in [0.4, 0.5) is 11.9 Å². The van der Waals surface area contributed by atoms with Gasteiger partial charge in [-0.1, -0.05) is 6.92 Å². The van der Waals surface area contributed by atoms with Crippen molar-refractivity contribution >= 4 is 11.9 Å². The van der Waals surface area contributed by atoms with E-state index in [0.29, 0.717) is 19.1 Å². The van der Waals surface area contributed by atoms with E-state index in [1.807, 2.05) is 6.92 Å². The fourth-order valence-electron chi connectivity index (χ4n) is 0.877. The zero-order chi connectivity index (χ0) is 11.1. The van der Waals surface area contributed by atoms with Crippen LogP contribution in [-0.4, -0.2) is 39.8 Å². The highest BCUT2D eigenvalue weighted by Gasteiger charge is 2.04. The van der Waals surface area contributed by atoms with Gasteiger partial charge in [-0.15, -0.1) is 0 Å². The van der Waals surface area contributed by atoms with Crippen molar-refractivity contribution in [3.8, 4) is 6.01 Å². The monoisotopic (exact) mass is 213 g/mol. The minimum Gasteiger partial charge on any atom is -0.463 e. The summed E-state index contributed by atoms with van der Waals surface area (Å²) in [6, 6.07) is 0.199. The lowest BCUT2D eigenvalue weighted by molar-refractivity contribution is 0.291. The number of nitrogen functional groups attached to an aromatic ring is 1. The van der Waals surface area contributed by atoms with Gasteiger partial charge in [0, 0.05) is 6.54 Å². The van der Waals surface area contributed by atoms with Gasteiger partial charge in [0.2, 0.25) is 11.9 Å². The first kappa shape index (κ1) is 11.4. The average Bonchev–Trinajstić information content (AvgIpc) is 2.23. The molecule has 1 heterocycles. The second kappa shape index (κ2) is 5.97. The zero-order valence-corrected chi connectivity index (χ0v) is 8.60. The number of nitrogens with two attached hydrogens (primary N) is 1. The number of ether oxygens (including phenoxy) is 1. The van der Waals surface area contributed by atoms with Crippen LogP contribution in [0.25, 0.3) is 0 Å². The topological polar surface area (TPSA) is 106 Å². The molecule has 0 saturated carbocycles. The number of aliphatic hydroxyl groups is 1. The van der Waals surface area contributed by atoms with Crippen LogP contribution in [0.3, 0.4) is 0 Å². The summed E-state index contributed by atoms with van der Waals surface area (Å²) < 4.78 is 5.21. The Hall–Kier alpha value is -1.63. The molecule has 4 N–H and O–H groups in total. The molecule has 0 amide bonds. The van der Waals surface area contributed by atoms with Crippen LogP contribution in [0.5, 0.6) is 6.01 Å². The van der Waals surface area contributed by atoms with Gasteiger partial charge in [0.1, 0.15) is 0 Å². The van der Waals surface area contributed by atoms with Crippen LogP contribution in [0, 0.1) is 0 Å². The average molecular weight is 213 g/mol. The van der Waals surface area contributed by atoms with Crippen molar-refractivity contribution in [1.82, 2.24) is 15.0 Å². The number of nitrogens with zero attached hydrogens (tertiary/aromatic N) is 3. The first-order chi connectivity index (χ1) is 7.26. The molecule has 15 heavy (non-hydrogen) atoms. The summed E-state index contributed by atoms with van der Waals surface area (Å²) in [7, 11) is 0. The number of rotatable bonds is 6. The molecule has 0 aliphatic heterocycles. The van der Waals surface area contributed by atoms with Gasteiger partial charge in [0.05, 0.1) is 13.2 Å². The van der Waals surface area contributed by atoms with E-state index in [1.165, 1.54) is 0 Å². The third kappa shape index (κ3) is 3.94. The van der Waals surface area contributed by atoms with Crippen molar-refractivity contribution in [2.24, 2.45) is 0 Å². The van der Waals surface area contributed by atoms with Crippen molar-refractivity contribution in [3.63, 3.8) is 0 Å². The molecular weight excluding hydrogens is 198 g/mol. The van der Waals surface area contributed by atoms with E-state index in [4.69, 9.17) is 15.6 Å². The molecule has 0 spiro atoms. The molecule has 84 valence electrons. The second-order valence-corrected chi connectivity index (χ2v) is 2.80. The number of anilines is 2. The van der Waals surface area contributed by atoms with E-state index in [0.717, 1.165) is 6.42 Å². The Kier molecular flexibility index (Phi) is 4.55. The maximum atomic E-state index is 8.61. The maximum absolute atomic E-state index is 8.61. The van der Waals surface area contributed by atoms with Crippen LogP contribution in [0.2, 0.25) is 0 Å². The van der Waals surface area contributed by atoms with E-state index >= 15 is 0 Å². The van der Waals surface area contributed by atoms with E-state index in [9.17, 15) is 0 Å². The Morgan fingerprint density at radius 1 is 1.40 bits per heavy atom. The summed E-state index contributed by atoms with van der Waals surface area (Å²) in [6.45, 7) is 2.87. The number of nitrogens with one attached hydrogen (secondary N) is 1. The van der Waals surface area contributed by atoms with Crippen LogP contribution >= 0.6 is 0 Å². The fourth-order valence-corrected chi connectivity index (χ4v) is 0.877. The molecule has 0 unspecified atom stereocenters. The van der Waals surface area contributed by atoms with Gasteiger partial charge < -0.3 is 20.9 Å². The molecule has 0 bridgehead atoms. The van der Waals surface area contributed by atoms with Crippen LogP contribution in [0.1, 0.15) is 13.3 Å². The highest BCUT2D eigenvalue weighted by Crippen LogP contribution is 2.08. The van der Waals surface area contributed by atoms with Crippen molar-refractivity contribution in [3.05, 3.63) is 0 Å². The molecule has 7 heteroatoms. The first-order valence-electron chi connectivity index (χ1n) is 4.75. The summed E-state index contributed by atoms with van der Waals surface area (Å²) in [5, 5.41) is 11.4. The summed E-state index contributed by atoms with van der Waals surface area (Å²) >= 11 is 0. The summed E-state index contributed by atoms with van der Waals surface area (Å²) in [5.41, 5.74) is 5.46. The lowest BCUT2D eigenvalue weighted by Crippen LogP contribution is -2.12. The van der Waals surface area contributed by atoms with Gasteiger partial charge >= 0.3 is 6.01 Å². The quantitative estimate of drug-likeness (QED) is 0.592. The molecule has 0 aliphatic carbocycles. The molecule has 0 fully saturated rings. The molecule has 0 atom stereocenters. The SMILES string of the molecule is CCCOc1nc(N)nc(NCCO)n1. The Morgan fingerprint density at radius 2 is 2.20 bits per heavy atom. The molecule has 1 rings (SSSR count). The minimum absolute atomic E-state index is 0.00324. The Bertz CT molecular complexity index is 281. The summed E-state index contributed by atoms with van der Waals surface area (Å²) in [6.07, 6.45) is 0.866. The van der Waals surface area contributed by atoms with Crippen LogP contribution in [-0.2, 0) is 0 Å². The molecule has 0 saturated heterocycles. The number of hydrogen-bond donors (Lipinski definition) is 3. The van der Waals surface area contributed by atoms with E-state index in [2.05, 4.69) is 20.3 Å². The first-order valence-corrected chi connectivity index (χ1v) is 4.75. The third-order valence-electron chi connectivity index (χ3n) is 1.46. The van der Waals surface area contributed by atoms with Crippen molar-refractivity contribution in [2.45, 2.75) is 13.3 Å². The molecule has 0 aromatic carbocycles. The second-order valence-electron chi connectivity index (χ2n) is 2.80. The van der Waals surface area contributed by atoms with Crippen molar-refractivity contribution < 1.29 is 9.84 Å². The zero-order valence-electron chi connectivity index (χ0n) is 8.60. The lowest BCUT2D eigenvalue weighted by Gasteiger charge is -2.06. The molecule has 7 nitrogen and oxygen atoms in total. The summed E-state index contributed by atoms with van der Waals surface area (Å²) in [5.74, 6) is 0.402. The lowest BCUT2D eigenvalue weighted by atomic mass is 10.5. The Balaban J connectivity index is 2.66. The summed E-state index contributed by atoms with van der Waals surface area (Å²) in [4.78, 5) is 11.6. The highest BCUT2D eigenvalue weighted by atomic mass is 16.5. The minimum atomic E-state index is -0.00324. The molecule has 1 aromatic rings. The van der Waals surface area contributed by atoms with Crippen molar-refractivity contribution in [1.29, 1.82) is 0 Å². The van der Waals surface area contributed by atoms with E-state index in [1.54, 1.807) is 0 Å². The number of aromatic nitrogens is 3. The molecular formula is C8H15N5O2. The molecule has 0 aliphatic rings. The predicted molar refractivity (Wildman–Crippen MR) is 55.6 cm³/mol. The smallest absolute Gasteiger partial charge is 0.323 e. The standard InChI is InChI=1S/C8H15N5O2/c1-2-5-15-8-12-6(9)11-7(13-8)10-3-4-14/h14H,2-5H2,1H3,(H3,9,10,11,12,13). The van der Waals surface area contributed by atoms with E-state index < -0.39 is 0 Å². The maximum Gasteiger partial charge on any atom is 0.323 e. The predicted octanol–water partition coefficient (Wildman–Crippen LogP) is -0.353. The fraction of sp³-hybridized carbons (Fsp3) is 0.625. The van der Waals surface area contributed by atoms with Crippen LogP contribution < -0.4 is 15.8 Å². The van der Waals surface area contributed by atoms with Crippen LogP contribution in [0.15, 0.2) is 0 Å². The van der Waals surface area contributed by atoms with Crippen molar-refractivity contribution in [2.75, 3.05) is 30.8 Å². The highest BCUT2D eigenvalue weighted by molar-refractivity contribution is 5.32. The normalized spacial score (nSPS) is 10.0. The van der Waals surface area contributed by atoms with Gasteiger partial charge in [-0.2, -0.15) is 15.0 Å². The van der Waals surface area contributed by atoms with Gasteiger partial charge in [0.15, 0.2) is 0 Å². The van der Waals surface area contributed by atoms with Gasteiger partial charge in [-0.3, -0.25) is 0 Å². The Labute approximate surface area is 87.7 Å². The van der Waals surface area contributed by atoms with Gasteiger partial charge in [-0.05, 0) is 6.42 Å². The number of hydrogen-bond acceptors (Lipinski definition) is 7. The van der Waals surface area contributed by atoms with Gasteiger partial charge in [0.25, 0.3) is 0 Å². The van der Waals surface area contributed by atoms with Gasteiger partial charge in [-0.25, -0.2) is 0 Å². The number of aliphatic hydroxyl groups excluding tert-OH is 1. The third-order valence-corrected chi connectivity index (χ3v) is 1.46. The largest absolute Gasteiger partial charge is 0.463 e. The molecule has 1 aromatic heterocycles.